The summed E-state index contributed by atoms with van der Waals surface area (Å²) in [6.45, 7) is 3.67. The van der Waals surface area contributed by atoms with Crippen LogP contribution < -0.4 is 25.1 Å². The summed E-state index contributed by atoms with van der Waals surface area (Å²) in [6.07, 6.45) is 4.44. The van der Waals surface area contributed by atoms with E-state index in [4.69, 9.17) is 14.5 Å². The van der Waals surface area contributed by atoms with Crippen molar-refractivity contribution in [1.82, 2.24) is 15.0 Å². The fourth-order valence-corrected chi connectivity index (χ4v) is 5.03. The Hall–Kier alpha value is -5.26. The summed E-state index contributed by atoms with van der Waals surface area (Å²) < 4.78 is 10.6. The first-order valence-electron chi connectivity index (χ1n) is 13.8. The Bertz CT molecular complexity index is 1590. The maximum absolute atomic E-state index is 11.6. The highest BCUT2D eigenvalue weighted by atomic mass is 16.7. The highest BCUT2D eigenvalue weighted by Gasteiger charge is 2.24. The van der Waals surface area contributed by atoms with E-state index in [1.807, 2.05) is 37.3 Å². The molecule has 214 valence electrons. The van der Waals surface area contributed by atoms with Gasteiger partial charge in [0.05, 0.1) is 22.8 Å². The third-order valence-corrected chi connectivity index (χ3v) is 7.28. The molecule has 42 heavy (non-hydrogen) atoms. The fourth-order valence-electron chi connectivity index (χ4n) is 5.03. The Morgan fingerprint density at radius 1 is 1.00 bits per heavy atom. The quantitative estimate of drug-likeness (QED) is 0.152. The van der Waals surface area contributed by atoms with Crippen LogP contribution in [0.4, 0.5) is 29.2 Å². The molecule has 1 saturated heterocycles. The van der Waals surface area contributed by atoms with Gasteiger partial charge in [-0.15, -0.1) is 0 Å². The van der Waals surface area contributed by atoms with Crippen LogP contribution in [0.25, 0.3) is 0 Å². The van der Waals surface area contributed by atoms with Gasteiger partial charge in [0.25, 0.3) is 5.69 Å². The Kier molecular flexibility index (Phi) is 7.75. The number of hydrazone groups is 1. The Balaban J connectivity index is 1.21. The number of aromatic nitrogens is 3. The van der Waals surface area contributed by atoms with Crippen molar-refractivity contribution in [3.8, 4) is 11.5 Å². The number of nitrogens with zero attached hydrogens (tertiary/aromatic N) is 6. The lowest BCUT2D eigenvalue weighted by atomic mass is 9.90. The smallest absolute Gasteiger partial charge is 0.282 e. The maximum Gasteiger partial charge on any atom is 0.282 e. The van der Waals surface area contributed by atoms with Crippen LogP contribution in [0.5, 0.6) is 11.5 Å². The van der Waals surface area contributed by atoms with Crippen molar-refractivity contribution < 1.29 is 14.4 Å². The molecule has 0 bridgehead atoms. The molecular formula is C30H30N8O4. The lowest BCUT2D eigenvalue weighted by Crippen LogP contribution is -2.35. The molecule has 0 spiro atoms. The topological polar surface area (TPSA) is 140 Å². The van der Waals surface area contributed by atoms with Crippen molar-refractivity contribution in [3.05, 3.63) is 93.5 Å². The average Bonchev–Trinajstić information content (AvgIpc) is 3.46. The van der Waals surface area contributed by atoms with Gasteiger partial charge >= 0.3 is 0 Å². The number of nitrogens with one attached hydrogen (secondary N) is 2. The standard InChI is InChI=1S/C30H30N8O4/c1-20-7-9-24(10-8-20)32-28-33-29(36-31-18-23-16-26-27(42-19-41-26)17-25(23)38(39)40)35-30(34-28)37-13-11-22(12-14-37)15-21-5-3-2-4-6-21/h2-10,16-18,22H,11-15,19H2,1H3,(H2,32,33,34,35,36). The first-order chi connectivity index (χ1) is 20.5. The number of piperidine rings is 1. The van der Waals surface area contributed by atoms with Gasteiger partial charge in [0.1, 0.15) is 0 Å². The predicted octanol–water partition coefficient (Wildman–Crippen LogP) is 5.47. The van der Waals surface area contributed by atoms with Crippen LogP contribution >= 0.6 is 0 Å². The zero-order valence-corrected chi connectivity index (χ0v) is 23.1. The van der Waals surface area contributed by atoms with E-state index in [1.165, 1.54) is 23.9 Å². The molecule has 0 radical (unpaired) electrons. The molecule has 0 amide bonds. The molecule has 12 nitrogen and oxygen atoms in total. The normalized spacial score (nSPS) is 14.7. The van der Waals surface area contributed by atoms with Crippen LogP contribution in [0, 0.1) is 23.0 Å². The Morgan fingerprint density at radius 3 is 2.45 bits per heavy atom. The molecular weight excluding hydrogens is 536 g/mol. The van der Waals surface area contributed by atoms with Crippen molar-refractivity contribution in [2.45, 2.75) is 26.2 Å². The van der Waals surface area contributed by atoms with Crippen LogP contribution in [0.3, 0.4) is 0 Å². The lowest BCUT2D eigenvalue weighted by molar-refractivity contribution is -0.385. The summed E-state index contributed by atoms with van der Waals surface area (Å²) in [5.41, 5.74) is 6.27. The minimum Gasteiger partial charge on any atom is -0.454 e. The highest BCUT2D eigenvalue weighted by Crippen LogP contribution is 2.37. The predicted molar refractivity (Wildman–Crippen MR) is 160 cm³/mol. The molecule has 0 saturated carbocycles. The molecule has 0 atom stereocenters. The molecule has 1 aromatic heterocycles. The zero-order chi connectivity index (χ0) is 28.9. The fraction of sp³-hybridized carbons (Fsp3) is 0.267. The van der Waals surface area contributed by atoms with Crippen molar-refractivity contribution in [2.75, 3.05) is 35.5 Å². The second-order valence-corrected chi connectivity index (χ2v) is 10.3. The van der Waals surface area contributed by atoms with Gasteiger partial charge in [-0.05, 0) is 55.9 Å². The van der Waals surface area contributed by atoms with Crippen molar-refractivity contribution in [1.29, 1.82) is 0 Å². The van der Waals surface area contributed by atoms with E-state index >= 15 is 0 Å². The molecule has 1 fully saturated rings. The van der Waals surface area contributed by atoms with Crippen LogP contribution in [0.1, 0.15) is 29.5 Å². The summed E-state index contributed by atoms with van der Waals surface area (Å²) >= 11 is 0. The van der Waals surface area contributed by atoms with Crippen LogP contribution in [-0.2, 0) is 6.42 Å². The number of anilines is 4. The largest absolute Gasteiger partial charge is 0.454 e. The second kappa shape index (κ2) is 12.1. The number of nitro groups is 1. The number of ether oxygens (including phenoxy) is 2. The molecule has 2 N–H and O–H groups in total. The third kappa shape index (κ3) is 6.38. The van der Waals surface area contributed by atoms with E-state index < -0.39 is 4.92 Å². The molecule has 2 aliphatic heterocycles. The summed E-state index contributed by atoms with van der Waals surface area (Å²) in [6, 6.07) is 21.3. The van der Waals surface area contributed by atoms with Gasteiger partial charge in [0.15, 0.2) is 11.5 Å². The molecule has 0 aliphatic carbocycles. The van der Waals surface area contributed by atoms with Gasteiger partial charge in [-0.25, -0.2) is 5.43 Å². The van der Waals surface area contributed by atoms with Gasteiger partial charge in [0, 0.05) is 18.8 Å². The number of rotatable bonds is 9. The van der Waals surface area contributed by atoms with Crippen LogP contribution in [0.2, 0.25) is 0 Å². The van der Waals surface area contributed by atoms with E-state index in [0.717, 1.165) is 43.6 Å². The monoisotopic (exact) mass is 566 g/mol. The maximum atomic E-state index is 11.6. The zero-order valence-electron chi connectivity index (χ0n) is 23.1. The summed E-state index contributed by atoms with van der Waals surface area (Å²) in [4.78, 5) is 27.1. The SMILES string of the molecule is Cc1ccc(Nc2nc(NN=Cc3cc4c(cc3[N+](=O)[O-])OCO4)nc(N3CCC(Cc4ccccc4)CC3)n2)cc1. The molecule has 6 rings (SSSR count). The Morgan fingerprint density at radius 2 is 1.71 bits per heavy atom. The average molecular weight is 567 g/mol. The minimum atomic E-state index is -0.491. The number of fused-ring (bicyclic) bond motifs is 1. The van der Waals surface area contributed by atoms with Crippen LogP contribution in [-0.4, -0.2) is 46.0 Å². The lowest BCUT2D eigenvalue weighted by Gasteiger charge is -2.32. The number of hydrogen-bond donors (Lipinski definition) is 2. The van der Waals surface area contributed by atoms with Crippen molar-refractivity contribution >= 4 is 35.4 Å². The van der Waals surface area contributed by atoms with Gasteiger partial charge in [-0.3, -0.25) is 10.1 Å². The van der Waals surface area contributed by atoms with Crippen LogP contribution in [0.15, 0.2) is 71.8 Å². The van der Waals surface area contributed by atoms with E-state index in [9.17, 15) is 10.1 Å². The molecule has 0 unspecified atom stereocenters. The summed E-state index contributed by atoms with van der Waals surface area (Å²) in [7, 11) is 0. The van der Waals surface area contributed by atoms with E-state index in [-0.39, 0.29) is 24.0 Å². The molecule has 12 heteroatoms. The molecule has 4 aromatic rings. The van der Waals surface area contributed by atoms with Gasteiger partial charge in [-0.2, -0.15) is 20.1 Å². The number of nitro benzene ring substituents is 1. The highest BCUT2D eigenvalue weighted by molar-refractivity contribution is 5.87. The number of aryl methyl sites for hydroxylation is 1. The number of benzene rings is 3. The van der Waals surface area contributed by atoms with E-state index in [0.29, 0.717) is 29.3 Å². The second-order valence-electron chi connectivity index (χ2n) is 10.3. The summed E-state index contributed by atoms with van der Waals surface area (Å²) in [5.74, 6) is 2.44. The van der Waals surface area contributed by atoms with Crippen molar-refractivity contribution in [3.63, 3.8) is 0 Å². The van der Waals surface area contributed by atoms with Crippen molar-refractivity contribution in [2.24, 2.45) is 11.0 Å². The number of hydrogen-bond acceptors (Lipinski definition) is 11. The first-order valence-corrected chi connectivity index (χ1v) is 13.8. The van der Waals surface area contributed by atoms with Gasteiger partial charge < -0.3 is 19.7 Å². The van der Waals surface area contributed by atoms with Gasteiger partial charge in [-0.1, -0.05) is 48.0 Å². The first kappa shape index (κ1) is 26.9. The minimum absolute atomic E-state index is 0.0131. The Labute approximate surface area is 242 Å². The third-order valence-electron chi connectivity index (χ3n) is 7.28. The molecule has 3 aromatic carbocycles. The van der Waals surface area contributed by atoms with E-state index in [1.54, 1.807) is 0 Å². The molecule has 3 heterocycles. The molecule has 2 aliphatic rings. The summed E-state index contributed by atoms with van der Waals surface area (Å²) in [5, 5.41) is 19.1. The van der Waals surface area contributed by atoms with E-state index in [2.05, 4.69) is 55.0 Å². The van der Waals surface area contributed by atoms with Gasteiger partial charge in [0.2, 0.25) is 24.6 Å².